The molecule has 6 heteroatoms. The third-order valence-corrected chi connectivity index (χ3v) is 5.29. The van der Waals surface area contributed by atoms with Gasteiger partial charge in [-0.05, 0) is 18.3 Å². The van der Waals surface area contributed by atoms with Crippen LogP contribution >= 0.6 is 0 Å². The standard InChI is InChI=1S/C11H22N2O3S/c1-3-8(2)10(12)11(14)13-6-9-4-5-17(15,16)7-9/h8-10H,3-7,12H2,1-2H3,(H,13,14)/t8-,9?,10-/m0/s1. The highest BCUT2D eigenvalue weighted by Crippen LogP contribution is 2.17. The van der Waals surface area contributed by atoms with Crippen LogP contribution in [0.5, 0.6) is 0 Å². The molecule has 1 rings (SSSR count). The first-order valence-electron chi connectivity index (χ1n) is 6.09. The molecule has 1 aliphatic rings. The zero-order valence-corrected chi connectivity index (χ0v) is 11.3. The Kier molecular flexibility index (Phi) is 4.94. The Bertz CT molecular complexity index is 367. The van der Waals surface area contributed by atoms with E-state index in [0.717, 1.165) is 6.42 Å². The van der Waals surface area contributed by atoms with E-state index < -0.39 is 15.9 Å². The molecule has 1 aliphatic heterocycles. The van der Waals surface area contributed by atoms with Gasteiger partial charge in [0.1, 0.15) is 0 Å². The molecule has 0 aliphatic carbocycles. The molecule has 0 aromatic carbocycles. The molecule has 0 aromatic heterocycles. The summed E-state index contributed by atoms with van der Waals surface area (Å²) in [5.41, 5.74) is 5.78. The fourth-order valence-corrected chi connectivity index (χ4v) is 3.77. The van der Waals surface area contributed by atoms with Crippen LogP contribution in [0.3, 0.4) is 0 Å². The second-order valence-electron chi connectivity index (χ2n) is 4.93. The predicted octanol–water partition coefficient (Wildman–Crippen LogP) is -0.0893. The molecular formula is C11H22N2O3S. The number of hydrogen-bond acceptors (Lipinski definition) is 4. The Morgan fingerprint density at radius 3 is 2.65 bits per heavy atom. The molecule has 1 unspecified atom stereocenters. The number of carbonyl (C=O) groups is 1. The first-order valence-corrected chi connectivity index (χ1v) is 7.91. The smallest absolute Gasteiger partial charge is 0.237 e. The van der Waals surface area contributed by atoms with Crippen molar-refractivity contribution in [3.8, 4) is 0 Å². The largest absolute Gasteiger partial charge is 0.354 e. The second-order valence-corrected chi connectivity index (χ2v) is 7.15. The lowest BCUT2D eigenvalue weighted by Gasteiger charge is -2.18. The van der Waals surface area contributed by atoms with Crippen LogP contribution in [0.15, 0.2) is 0 Å². The van der Waals surface area contributed by atoms with Gasteiger partial charge >= 0.3 is 0 Å². The van der Waals surface area contributed by atoms with Gasteiger partial charge in [-0.2, -0.15) is 0 Å². The first kappa shape index (κ1) is 14.4. The van der Waals surface area contributed by atoms with Crippen molar-refractivity contribution in [3.05, 3.63) is 0 Å². The van der Waals surface area contributed by atoms with Gasteiger partial charge in [0, 0.05) is 6.54 Å². The number of carbonyl (C=O) groups excluding carboxylic acids is 1. The van der Waals surface area contributed by atoms with Crippen LogP contribution in [0.2, 0.25) is 0 Å². The molecule has 100 valence electrons. The summed E-state index contributed by atoms with van der Waals surface area (Å²) in [4.78, 5) is 11.7. The summed E-state index contributed by atoms with van der Waals surface area (Å²) in [6, 6.07) is -0.502. The SMILES string of the molecule is CC[C@H](C)[C@H](N)C(=O)NCC1CCS(=O)(=O)C1. The summed E-state index contributed by atoms with van der Waals surface area (Å²) in [5.74, 6) is 0.440. The zero-order chi connectivity index (χ0) is 13.1. The van der Waals surface area contributed by atoms with E-state index in [0.29, 0.717) is 13.0 Å². The highest BCUT2D eigenvalue weighted by atomic mass is 32.2. The van der Waals surface area contributed by atoms with Crippen molar-refractivity contribution in [1.82, 2.24) is 5.32 Å². The minimum absolute atomic E-state index is 0.0492. The van der Waals surface area contributed by atoms with Gasteiger partial charge in [-0.25, -0.2) is 8.42 Å². The van der Waals surface area contributed by atoms with Crippen molar-refractivity contribution in [3.63, 3.8) is 0 Å². The average molecular weight is 262 g/mol. The maximum absolute atomic E-state index is 11.7. The summed E-state index contributed by atoms with van der Waals surface area (Å²) >= 11 is 0. The van der Waals surface area contributed by atoms with Crippen molar-refractivity contribution >= 4 is 15.7 Å². The first-order chi connectivity index (χ1) is 7.85. The summed E-state index contributed by atoms with van der Waals surface area (Å²) in [7, 11) is -2.87. The number of nitrogens with one attached hydrogen (secondary N) is 1. The third kappa shape index (κ3) is 4.27. The molecule has 0 spiro atoms. The molecular weight excluding hydrogens is 240 g/mol. The van der Waals surface area contributed by atoms with Gasteiger partial charge in [-0.15, -0.1) is 0 Å². The van der Waals surface area contributed by atoms with Crippen LogP contribution in [0.1, 0.15) is 26.7 Å². The topological polar surface area (TPSA) is 89.3 Å². The molecule has 0 aromatic rings. The molecule has 0 saturated carbocycles. The third-order valence-electron chi connectivity index (χ3n) is 3.45. The van der Waals surface area contributed by atoms with Crippen LogP contribution in [0.25, 0.3) is 0 Å². The van der Waals surface area contributed by atoms with E-state index >= 15 is 0 Å². The fourth-order valence-electron chi connectivity index (χ4n) is 1.91. The van der Waals surface area contributed by atoms with Crippen LogP contribution in [-0.2, 0) is 14.6 Å². The molecule has 1 heterocycles. The molecule has 3 N–H and O–H groups in total. The Morgan fingerprint density at radius 1 is 1.53 bits per heavy atom. The molecule has 5 nitrogen and oxygen atoms in total. The van der Waals surface area contributed by atoms with E-state index in [4.69, 9.17) is 5.73 Å². The number of hydrogen-bond donors (Lipinski definition) is 2. The second kappa shape index (κ2) is 5.82. The van der Waals surface area contributed by atoms with Crippen LogP contribution < -0.4 is 11.1 Å². The van der Waals surface area contributed by atoms with Gasteiger partial charge in [0.15, 0.2) is 9.84 Å². The van der Waals surface area contributed by atoms with Gasteiger partial charge in [0.2, 0.25) is 5.91 Å². The quantitative estimate of drug-likeness (QED) is 0.724. The zero-order valence-electron chi connectivity index (χ0n) is 10.5. The number of nitrogens with two attached hydrogens (primary N) is 1. The fraction of sp³-hybridized carbons (Fsp3) is 0.909. The Labute approximate surface area is 103 Å². The highest BCUT2D eigenvalue weighted by molar-refractivity contribution is 7.91. The van der Waals surface area contributed by atoms with Crippen molar-refractivity contribution in [2.75, 3.05) is 18.1 Å². The molecule has 0 bridgehead atoms. The van der Waals surface area contributed by atoms with Gasteiger partial charge in [-0.1, -0.05) is 20.3 Å². The Balaban J connectivity index is 2.34. The summed E-state index contributed by atoms with van der Waals surface area (Å²) in [5, 5.41) is 2.75. The number of amides is 1. The summed E-state index contributed by atoms with van der Waals surface area (Å²) in [6.45, 7) is 4.34. The van der Waals surface area contributed by atoms with Crippen molar-refractivity contribution < 1.29 is 13.2 Å². The maximum Gasteiger partial charge on any atom is 0.237 e. The van der Waals surface area contributed by atoms with E-state index in [1.54, 1.807) is 0 Å². The van der Waals surface area contributed by atoms with Gasteiger partial charge in [0.25, 0.3) is 0 Å². The molecule has 1 amide bonds. The van der Waals surface area contributed by atoms with Crippen LogP contribution in [-0.4, -0.2) is 38.4 Å². The predicted molar refractivity (Wildman–Crippen MR) is 67.2 cm³/mol. The van der Waals surface area contributed by atoms with Gasteiger partial charge in [-0.3, -0.25) is 4.79 Å². The number of sulfone groups is 1. The van der Waals surface area contributed by atoms with Gasteiger partial charge in [0.05, 0.1) is 17.5 Å². The van der Waals surface area contributed by atoms with E-state index in [1.807, 2.05) is 13.8 Å². The van der Waals surface area contributed by atoms with Gasteiger partial charge < -0.3 is 11.1 Å². The molecule has 1 fully saturated rings. The Morgan fingerprint density at radius 2 is 2.18 bits per heavy atom. The van der Waals surface area contributed by atoms with E-state index in [2.05, 4.69) is 5.32 Å². The number of rotatable bonds is 5. The van der Waals surface area contributed by atoms with Crippen molar-refractivity contribution in [2.45, 2.75) is 32.7 Å². The van der Waals surface area contributed by atoms with E-state index in [1.165, 1.54) is 0 Å². The van der Waals surface area contributed by atoms with Crippen LogP contribution in [0.4, 0.5) is 0 Å². The minimum atomic E-state index is -2.87. The normalized spacial score (nSPS) is 26.4. The van der Waals surface area contributed by atoms with Crippen molar-refractivity contribution in [1.29, 1.82) is 0 Å². The Hall–Kier alpha value is -0.620. The minimum Gasteiger partial charge on any atom is -0.354 e. The molecule has 3 atom stereocenters. The van der Waals surface area contributed by atoms with Crippen molar-refractivity contribution in [2.24, 2.45) is 17.6 Å². The molecule has 0 radical (unpaired) electrons. The maximum atomic E-state index is 11.7. The van der Waals surface area contributed by atoms with E-state index in [9.17, 15) is 13.2 Å². The lowest BCUT2D eigenvalue weighted by molar-refractivity contribution is -0.123. The molecule has 17 heavy (non-hydrogen) atoms. The van der Waals surface area contributed by atoms with E-state index in [-0.39, 0.29) is 29.2 Å². The monoisotopic (exact) mass is 262 g/mol. The van der Waals surface area contributed by atoms with Crippen LogP contribution in [0, 0.1) is 11.8 Å². The molecule has 1 saturated heterocycles. The lowest BCUT2D eigenvalue weighted by Crippen LogP contribution is -2.46. The average Bonchev–Trinajstić information content (AvgIpc) is 2.63. The highest BCUT2D eigenvalue weighted by Gasteiger charge is 2.28. The summed E-state index contributed by atoms with van der Waals surface area (Å²) < 4.78 is 22.5. The lowest BCUT2D eigenvalue weighted by atomic mass is 9.99. The summed E-state index contributed by atoms with van der Waals surface area (Å²) in [6.07, 6.45) is 1.49.